The first-order chi connectivity index (χ1) is 9.78. The zero-order valence-electron chi connectivity index (χ0n) is 12.1. The maximum Gasteiger partial charge on any atom is 0.258 e. The van der Waals surface area contributed by atoms with E-state index in [2.05, 4.69) is 10.1 Å². The summed E-state index contributed by atoms with van der Waals surface area (Å²) in [6.45, 7) is 5.65. The summed E-state index contributed by atoms with van der Waals surface area (Å²) in [5.41, 5.74) is 5.28. The normalized spacial score (nSPS) is 14.4. The van der Waals surface area contributed by atoms with Crippen LogP contribution in [0.1, 0.15) is 26.6 Å². The molecule has 7 heteroatoms. The molecule has 2 N–H and O–H groups in total. The third kappa shape index (κ3) is 3.83. The second kappa shape index (κ2) is 5.87. The van der Waals surface area contributed by atoms with Gasteiger partial charge in [-0.1, -0.05) is 5.16 Å². The van der Waals surface area contributed by atoms with Gasteiger partial charge in [-0.05, 0) is 32.9 Å². The Labute approximate surface area is 121 Å². The largest absolute Gasteiger partial charge is 0.376 e. The molecule has 1 aromatic heterocycles. The average molecular weight is 297 g/mol. The van der Waals surface area contributed by atoms with E-state index in [0.717, 1.165) is 18.2 Å². The number of nitrogens with two attached hydrogens (primary N) is 1. The molecular formula is C14H17F2N3O2. The minimum Gasteiger partial charge on any atom is -0.376 e. The quantitative estimate of drug-likeness (QED) is 0.918. The van der Waals surface area contributed by atoms with Crippen molar-refractivity contribution in [2.75, 3.05) is 6.61 Å². The van der Waals surface area contributed by atoms with Gasteiger partial charge in [-0.2, -0.15) is 4.98 Å². The molecule has 2 aromatic rings. The molecule has 0 radical (unpaired) electrons. The van der Waals surface area contributed by atoms with E-state index in [0.29, 0.717) is 0 Å². The van der Waals surface area contributed by atoms with Crippen molar-refractivity contribution in [3.8, 4) is 11.5 Å². The van der Waals surface area contributed by atoms with E-state index in [-0.39, 0.29) is 30.0 Å². The first-order valence-electron chi connectivity index (χ1n) is 6.49. The topological polar surface area (TPSA) is 74.2 Å². The van der Waals surface area contributed by atoms with Crippen molar-refractivity contribution in [1.82, 2.24) is 10.1 Å². The third-order valence-electron chi connectivity index (χ3n) is 2.76. The van der Waals surface area contributed by atoms with E-state index in [9.17, 15) is 8.78 Å². The van der Waals surface area contributed by atoms with Crippen molar-refractivity contribution in [2.45, 2.75) is 32.4 Å². The Morgan fingerprint density at radius 3 is 2.48 bits per heavy atom. The molecule has 1 atom stereocenters. The molecule has 2 rings (SSSR count). The highest BCUT2D eigenvalue weighted by atomic mass is 19.1. The predicted molar refractivity (Wildman–Crippen MR) is 72.3 cm³/mol. The fourth-order valence-corrected chi connectivity index (χ4v) is 1.65. The van der Waals surface area contributed by atoms with Crippen LogP contribution in [0, 0.1) is 11.6 Å². The van der Waals surface area contributed by atoms with Crippen molar-refractivity contribution in [2.24, 2.45) is 5.73 Å². The zero-order chi connectivity index (χ0) is 15.6. The summed E-state index contributed by atoms with van der Waals surface area (Å²) < 4.78 is 36.9. The number of halogens is 2. The van der Waals surface area contributed by atoms with Crippen LogP contribution in [0.4, 0.5) is 8.78 Å². The van der Waals surface area contributed by atoms with Gasteiger partial charge in [0.15, 0.2) is 5.82 Å². The third-order valence-corrected chi connectivity index (χ3v) is 2.76. The second-order valence-corrected chi connectivity index (χ2v) is 5.36. The minimum absolute atomic E-state index is 0.00428. The first kappa shape index (κ1) is 15.5. The summed E-state index contributed by atoms with van der Waals surface area (Å²) in [6, 6.07) is 2.99. The van der Waals surface area contributed by atoms with Crippen LogP contribution in [0.2, 0.25) is 0 Å². The monoisotopic (exact) mass is 297 g/mol. The zero-order valence-corrected chi connectivity index (χ0v) is 12.1. The molecule has 0 aliphatic rings. The minimum atomic E-state index is -0.960. The summed E-state index contributed by atoms with van der Waals surface area (Å²) in [5, 5.41) is 3.77. The van der Waals surface area contributed by atoms with E-state index in [1.54, 1.807) is 6.92 Å². The fourth-order valence-electron chi connectivity index (χ4n) is 1.65. The van der Waals surface area contributed by atoms with Gasteiger partial charge in [-0.25, -0.2) is 8.78 Å². The van der Waals surface area contributed by atoms with Gasteiger partial charge in [0.05, 0.1) is 12.7 Å². The van der Waals surface area contributed by atoms with Gasteiger partial charge in [0, 0.05) is 11.6 Å². The van der Waals surface area contributed by atoms with Gasteiger partial charge in [0.2, 0.25) is 0 Å². The lowest BCUT2D eigenvalue weighted by atomic mass is 10.1. The van der Waals surface area contributed by atoms with Crippen LogP contribution in [-0.4, -0.2) is 22.9 Å². The Hall–Kier alpha value is -1.86. The molecule has 0 aliphatic heterocycles. The lowest BCUT2D eigenvalue weighted by molar-refractivity contribution is 0.0410. The highest BCUT2D eigenvalue weighted by Gasteiger charge is 2.28. The molecule has 1 heterocycles. The SMILES string of the molecule is CC(C)OCC(C)(N)c1noc(-c2cc(F)cc(F)c2)n1. The maximum absolute atomic E-state index is 13.2. The lowest BCUT2D eigenvalue weighted by Crippen LogP contribution is -2.40. The van der Waals surface area contributed by atoms with Crippen LogP contribution in [0.25, 0.3) is 11.5 Å². The van der Waals surface area contributed by atoms with E-state index >= 15 is 0 Å². The first-order valence-corrected chi connectivity index (χ1v) is 6.49. The number of hydrogen-bond acceptors (Lipinski definition) is 5. The molecular weight excluding hydrogens is 280 g/mol. The van der Waals surface area contributed by atoms with Gasteiger partial charge in [-0.15, -0.1) is 0 Å². The van der Waals surface area contributed by atoms with E-state index in [1.165, 1.54) is 0 Å². The fraction of sp³-hybridized carbons (Fsp3) is 0.429. The summed E-state index contributed by atoms with van der Waals surface area (Å²) in [6.07, 6.45) is 0.0107. The standard InChI is InChI=1S/C14H17F2N3O2/c1-8(2)20-7-14(3,17)13-18-12(21-19-13)9-4-10(15)6-11(16)5-9/h4-6,8H,7,17H2,1-3H3. The van der Waals surface area contributed by atoms with Gasteiger partial charge in [0.25, 0.3) is 5.89 Å². The molecule has 0 saturated heterocycles. The number of ether oxygens (including phenoxy) is 1. The molecule has 1 aromatic carbocycles. The van der Waals surface area contributed by atoms with Crippen LogP contribution in [0.15, 0.2) is 22.7 Å². The number of benzene rings is 1. The molecule has 21 heavy (non-hydrogen) atoms. The van der Waals surface area contributed by atoms with E-state index < -0.39 is 17.2 Å². The molecule has 0 bridgehead atoms. The number of aromatic nitrogens is 2. The molecule has 5 nitrogen and oxygen atoms in total. The molecule has 0 aliphatic carbocycles. The molecule has 0 amide bonds. The Bertz CT molecular complexity index is 606. The molecule has 0 saturated carbocycles. The summed E-state index contributed by atoms with van der Waals surface area (Å²) in [7, 11) is 0. The van der Waals surface area contributed by atoms with Crippen molar-refractivity contribution >= 4 is 0 Å². The van der Waals surface area contributed by atoms with Crippen LogP contribution >= 0.6 is 0 Å². The number of rotatable bonds is 5. The van der Waals surface area contributed by atoms with Crippen molar-refractivity contribution in [1.29, 1.82) is 0 Å². The highest BCUT2D eigenvalue weighted by Crippen LogP contribution is 2.23. The molecule has 0 spiro atoms. The number of hydrogen-bond donors (Lipinski definition) is 1. The Morgan fingerprint density at radius 2 is 1.90 bits per heavy atom. The van der Waals surface area contributed by atoms with E-state index in [1.807, 2.05) is 13.8 Å². The van der Waals surface area contributed by atoms with Crippen molar-refractivity contribution in [3.05, 3.63) is 35.7 Å². The molecule has 0 fully saturated rings. The van der Waals surface area contributed by atoms with Gasteiger partial charge >= 0.3 is 0 Å². The van der Waals surface area contributed by atoms with Gasteiger partial charge in [0.1, 0.15) is 17.2 Å². The highest BCUT2D eigenvalue weighted by molar-refractivity contribution is 5.52. The van der Waals surface area contributed by atoms with Crippen LogP contribution in [-0.2, 0) is 10.3 Å². The lowest BCUT2D eigenvalue weighted by Gasteiger charge is -2.21. The van der Waals surface area contributed by atoms with E-state index in [4.69, 9.17) is 15.0 Å². The number of nitrogens with zero attached hydrogens (tertiary/aromatic N) is 2. The van der Waals surface area contributed by atoms with Gasteiger partial charge < -0.3 is 15.0 Å². The van der Waals surface area contributed by atoms with Crippen LogP contribution in [0.3, 0.4) is 0 Å². The van der Waals surface area contributed by atoms with Crippen molar-refractivity contribution < 1.29 is 18.0 Å². The van der Waals surface area contributed by atoms with Crippen LogP contribution in [0.5, 0.6) is 0 Å². The average Bonchev–Trinajstić information content (AvgIpc) is 2.85. The Kier molecular flexibility index (Phi) is 4.34. The molecule has 114 valence electrons. The smallest absolute Gasteiger partial charge is 0.258 e. The summed E-state index contributed by atoms with van der Waals surface area (Å²) in [5.74, 6) is -1.22. The predicted octanol–water partition coefficient (Wildman–Crippen LogP) is 2.61. The molecule has 1 unspecified atom stereocenters. The van der Waals surface area contributed by atoms with Crippen LogP contribution < -0.4 is 5.73 Å². The maximum atomic E-state index is 13.2. The summed E-state index contributed by atoms with van der Waals surface area (Å²) in [4.78, 5) is 4.10. The Balaban J connectivity index is 2.24. The summed E-state index contributed by atoms with van der Waals surface area (Å²) >= 11 is 0. The Morgan fingerprint density at radius 1 is 1.29 bits per heavy atom. The van der Waals surface area contributed by atoms with Crippen molar-refractivity contribution in [3.63, 3.8) is 0 Å². The second-order valence-electron chi connectivity index (χ2n) is 5.36. The van der Waals surface area contributed by atoms with Gasteiger partial charge in [-0.3, -0.25) is 0 Å².